The van der Waals surface area contributed by atoms with E-state index in [0.29, 0.717) is 0 Å². The first kappa shape index (κ1) is 12.9. The number of hydrogen-bond acceptors (Lipinski definition) is 4. The molecule has 11 heteroatoms. The summed E-state index contributed by atoms with van der Waals surface area (Å²) in [5.74, 6) is 0. The topological polar surface area (TPSA) is 93.1 Å². The molecule has 3 unspecified atom stereocenters. The summed E-state index contributed by atoms with van der Waals surface area (Å²) in [5, 5.41) is 0. The van der Waals surface area contributed by atoms with E-state index in [1.165, 1.54) is 0 Å². The zero-order valence-electron chi connectivity index (χ0n) is 5.59. The van der Waals surface area contributed by atoms with Crippen LogP contribution in [0, 0.1) is 0 Å². The highest BCUT2D eigenvalue weighted by molar-refractivity contribution is 7.74. The van der Waals surface area contributed by atoms with Crippen LogP contribution in [0.5, 0.6) is 0 Å². The molecule has 0 aromatic heterocycles. The predicted octanol–water partition coefficient (Wildman–Crippen LogP) is 0.694. The summed E-state index contributed by atoms with van der Waals surface area (Å²) in [5.41, 5.74) is 0. The largest absolute Gasteiger partial charge is 0.697 e. The molecule has 0 heterocycles. The van der Waals surface area contributed by atoms with Gasteiger partial charge in [-0.1, -0.05) is 4.52 Å². The zero-order chi connectivity index (χ0) is 10.6. The predicted molar refractivity (Wildman–Crippen MR) is 32.6 cm³/mol. The Morgan fingerprint density at radius 2 is 1.92 bits per heavy atom. The van der Waals surface area contributed by atoms with Crippen LogP contribution in [-0.4, -0.2) is 26.1 Å². The van der Waals surface area contributed by atoms with Crippen LogP contribution in [0.1, 0.15) is 0 Å². The Labute approximate surface area is 73.1 Å². The van der Waals surface area contributed by atoms with Gasteiger partial charge < -0.3 is 0 Å². The minimum Gasteiger partial charge on any atom is -0.284 e. The quantitative estimate of drug-likeness (QED) is 0.428. The van der Waals surface area contributed by atoms with Gasteiger partial charge in [0.1, 0.15) is 0 Å². The van der Waals surface area contributed by atoms with E-state index in [1.54, 1.807) is 0 Å². The number of halogens is 3. The van der Waals surface area contributed by atoms with Crippen LogP contribution in [-0.2, 0) is 24.6 Å². The smallest absolute Gasteiger partial charge is 0.284 e. The normalized spacial score (nSPS) is 18.1. The molecule has 0 aromatic carbocycles. The van der Waals surface area contributed by atoms with Gasteiger partial charge >= 0.3 is 32.1 Å². The summed E-state index contributed by atoms with van der Waals surface area (Å²) >= 11 is -3.24. The van der Waals surface area contributed by atoms with Crippen molar-refractivity contribution in [3.63, 3.8) is 0 Å². The van der Waals surface area contributed by atoms with Crippen LogP contribution in [0.2, 0.25) is 0 Å². The average molecular weight is 243 g/mol. The molecule has 0 saturated carbocycles. The first-order valence-electron chi connectivity index (χ1n) is 2.41. The molecule has 0 fully saturated rings. The van der Waals surface area contributed by atoms with Crippen molar-refractivity contribution < 1.29 is 40.1 Å². The fraction of sp³-hybridized carbons (Fsp3) is 1.00. The summed E-state index contributed by atoms with van der Waals surface area (Å²) in [6, 6.07) is 0. The van der Waals surface area contributed by atoms with Crippen molar-refractivity contribution in [3.05, 3.63) is 0 Å². The zero-order valence-corrected chi connectivity index (χ0v) is 7.31. The maximum absolute atomic E-state index is 11.7. The van der Waals surface area contributed by atoms with E-state index in [4.69, 9.17) is 9.45 Å². The van der Waals surface area contributed by atoms with Gasteiger partial charge in [0.25, 0.3) is 0 Å². The van der Waals surface area contributed by atoms with Crippen LogP contribution in [0.4, 0.5) is 13.2 Å². The fourth-order valence-corrected chi connectivity index (χ4v) is 0.971. The highest BCUT2D eigenvalue weighted by atomic mass is 32.2. The molecule has 3 atom stereocenters. The molecular formula is C2H3F3O6PS+. The van der Waals surface area contributed by atoms with Crippen LogP contribution in [0.3, 0.4) is 0 Å². The number of hydrogen-bond donors (Lipinski definition) is 2. The van der Waals surface area contributed by atoms with Crippen LogP contribution in [0.15, 0.2) is 0 Å². The lowest BCUT2D eigenvalue weighted by Gasteiger charge is -2.11. The van der Waals surface area contributed by atoms with Crippen molar-refractivity contribution in [3.8, 4) is 0 Å². The molecule has 6 nitrogen and oxygen atoms in total. The number of rotatable bonds is 4. The molecule has 78 valence electrons. The molecule has 0 aliphatic rings. The second-order valence-corrected chi connectivity index (χ2v) is 2.84. The molecular weight excluding hydrogens is 240 g/mol. The van der Waals surface area contributed by atoms with Gasteiger partial charge in [-0.2, -0.15) is 17.4 Å². The highest BCUT2D eigenvalue weighted by Gasteiger charge is 2.49. The van der Waals surface area contributed by atoms with E-state index in [9.17, 15) is 21.9 Å². The van der Waals surface area contributed by atoms with Crippen LogP contribution < -0.4 is 0 Å². The fourth-order valence-electron chi connectivity index (χ4n) is 0.289. The lowest BCUT2D eigenvalue weighted by molar-refractivity contribution is -0.253. The van der Waals surface area contributed by atoms with Crippen molar-refractivity contribution in [1.82, 2.24) is 0 Å². The second-order valence-electron chi connectivity index (χ2n) is 1.53. The van der Waals surface area contributed by atoms with E-state index in [0.717, 1.165) is 0 Å². The molecule has 0 radical (unpaired) electrons. The summed E-state index contributed by atoms with van der Waals surface area (Å²) in [7, 11) is -3.58. The Morgan fingerprint density at radius 1 is 1.46 bits per heavy atom. The minimum atomic E-state index is -5.16. The van der Waals surface area contributed by atoms with E-state index in [1.807, 2.05) is 0 Å². The van der Waals surface area contributed by atoms with Gasteiger partial charge in [-0.25, -0.2) is 4.18 Å². The van der Waals surface area contributed by atoms with Crippen molar-refractivity contribution in [1.29, 1.82) is 0 Å². The molecule has 0 amide bonds. The van der Waals surface area contributed by atoms with E-state index < -0.39 is 32.1 Å². The summed E-state index contributed by atoms with van der Waals surface area (Å²) in [6.07, 6.45) is -8.36. The van der Waals surface area contributed by atoms with Gasteiger partial charge in [0.05, 0.1) is 0 Å². The van der Waals surface area contributed by atoms with Crippen LogP contribution in [0.25, 0.3) is 0 Å². The molecule has 0 saturated heterocycles. The van der Waals surface area contributed by atoms with Crippen molar-refractivity contribution in [2.24, 2.45) is 0 Å². The summed E-state index contributed by atoms with van der Waals surface area (Å²) in [6.45, 7) is 0. The monoisotopic (exact) mass is 243 g/mol. The van der Waals surface area contributed by atoms with Crippen molar-refractivity contribution in [2.75, 3.05) is 0 Å². The average Bonchev–Trinajstić information content (AvgIpc) is 1.81. The van der Waals surface area contributed by atoms with E-state index >= 15 is 0 Å². The van der Waals surface area contributed by atoms with Gasteiger partial charge in [-0.15, -0.1) is 4.89 Å². The van der Waals surface area contributed by atoms with Gasteiger partial charge in [0.2, 0.25) is 0 Å². The SMILES string of the molecule is O=[P+](O)OC(OS(=O)O)C(F)(F)F. The third-order valence-electron chi connectivity index (χ3n) is 0.623. The molecule has 0 aliphatic heterocycles. The summed E-state index contributed by atoms with van der Waals surface area (Å²) in [4.78, 5) is 7.93. The molecule has 2 N–H and O–H groups in total. The molecule has 0 aromatic rings. The third kappa shape index (κ3) is 6.02. The lowest BCUT2D eigenvalue weighted by Crippen LogP contribution is -2.33. The lowest BCUT2D eigenvalue weighted by atomic mass is 10.6. The molecule has 0 aliphatic carbocycles. The first-order chi connectivity index (χ1) is 5.73. The van der Waals surface area contributed by atoms with E-state index in [2.05, 4.69) is 8.71 Å². The molecule has 0 spiro atoms. The highest BCUT2D eigenvalue weighted by Crippen LogP contribution is 2.31. The maximum atomic E-state index is 11.7. The Morgan fingerprint density at radius 3 is 2.15 bits per heavy atom. The minimum absolute atomic E-state index is 3.20. The van der Waals surface area contributed by atoms with E-state index in [-0.39, 0.29) is 0 Å². The second kappa shape index (κ2) is 4.94. The standard InChI is InChI=1S/C2H2F3O6PS/c3-2(4,5)1(10-12(6)7)11-13(8)9/h1H,(H-,6,7,8,9)/p+1. The van der Waals surface area contributed by atoms with Crippen LogP contribution >= 0.6 is 8.25 Å². The Hall–Kier alpha value is -0.120. The number of alkyl halides is 3. The maximum Gasteiger partial charge on any atom is 0.697 e. The van der Waals surface area contributed by atoms with Gasteiger partial charge in [0.15, 0.2) is 0 Å². The van der Waals surface area contributed by atoms with Gasteiger partial charge in [0, 0.05) is 4.57 Å². The van der Waals surface area contributed by atoms with Crippen molar-refractivity contribution in [2.45, 2.75) is 12.5 Å². The Bertz CT molecular complexity index is 200. The molecule has 0 bridgehead atoms. The van der Waals surface area contributed by atoms with Crippen molar-refractivity contribution >= 4 is 19.6 Å². The molecule has 13 heavy (non-hydrogen) atoms. The Balaban J connectivity index is 4.37. The summed E-state index contributed by atoms with van der Waals surface area (Å²) < 4.78 is 69.1. The van der Waals surface area contributed by atoms with Gasteiger partial charge in [-0.05, 0) is 0 Å². The van der Waals surface area contributed by atoms with Gasteiger partial charge in [-0.3, -0.25) is 4.55 Å². The molecule has 0 rings (SSSR count). The Kier molecular flexibility index (Phi) is 4.89. The first-order valence-corrected chi connectivity index (χ1v) is 4.57. The third-order valence-corrected chi connectivity index (χ3v) is 1.33.